The van der Waals surface area contributed by atoms with Crippen molar-refractivity contribution in [3.8, 4) is 0 Å². The van der Waals surface area contributed by atoms with Crippen LogP contribution in [0, 0.1) is 0 Å². The molecule has 0 atom stereocenters. The van der Waals surface area contributed by atoms with Gasteiger partial charge in [-0.1, -0.05) is 13.3 Å². The molecule has 0 bridgehead atoms. The number of rotatable bonds is 4. The predicted molar refractivity (Wildman–Crippen MR) is 64.8 cm³/mol. The fraction of sp³-hybridized carbons (Fsp3) is 0.545. The van der Waals surface area contributed by atoms with Crippen molar-refractivity contribution < 1.29 is 26.7 Å². The molecule has 0 amide bonds. The number of carbonyl (C=O) groups is 1. The van der Waals surface area contributed by atoms with Crippen molar-refractivity contribution in [2.45, 2.75) is 38.3 Å². The van der Waals surface area contributed by atoms with Gasteiger partial charge in [0.25, 0.3) is 0 Å². The molecular formula is C11H11F5N6O. The molecule has 0 saturated carbocycles. The highest BCUT2D eigenvalue weighted by atomic mass is 19.4. The minimum atomic E-state index is -5.86. The fourth-order valence-electron chi connectivity index (χ4n) is 1.66. The van der Waals surface area contributed by atoms with Crippen LogP contribution in [-0.4, -0.2) is 41.7 Å². The van der Waals surface area contributed by atoms with Gasteiger partial charge in [-0.05, 0) is 6.42 Å². The zero-order valence-corrected chi connectivity index (χ0v) is 11.8. The van der Waals surface area contributed by atoms with Gasteiger partial charge in [-0.3, -0.25) is 0 Å². The molecule has 2 rings (SSSR count). The standard InChI is InChI=1S/C11H11F5N6O/c1-2-3-4-7-19-8(10(12,13)11(14,15)16)20-22(7)9(23)21-6-17-5-18-21/h5-6H,2-4H2,1H3. The first-order chi connectivity index (χ1) is 10.7. The second kappa shape index (κ2) is 6.01. The molecule has 2 aromatic heterocycles. The Bertz CT molecular complexity index is 678. The van der Waals surface area contributed by atoms with Crippen molar-refractivity contribution in [1.82, 2.24) is 29.5 Å². The van der Waals surface area contributed by atoms with Gasteiger partial charge in [-0.25, -0.2) is 14.8 Å². The number of carbonyl (C=O) groups excluding carboxylic acids is 1. The van der Waals surface area contributed by atoms with Crippen LogP contribution in [0.15, 0.2) is 12.7 Å². The van der Waals surface area contributed by atoms with E-state index in [-0.39, 0.29) is 12.2 Å². The van der Waals surface area contributed by atoms with E-state index in [9.17, 15) is 26.7 Å². The highest BCUT2D eigenvalue weighted by Crippen LogP contribution is 2.42. The third-order valence-electron chi connectivity index (χ3n) is 2.86. The summed E-state index contributed by atoms with van der Waals surface area (Å²) in [6.07, 6.45) is -2.83. The molecule has 0 spiro atoms. The molecule has 0 aromatic carbocycles. The lowest BCUT2D eigenvalue weighted by Crippen LogP contribution is -2.35. The van der Waals surface area contributed by atoms with E-state index < -0.39 is 24.0 Å². The van der Waals surface area contributed by atoms with Crippen LogP contribution in [0.4, 0.5) is 26.7 Å². The summed E-state index contributed by atoms with van der Waals surface area (Å²) in [6.45, 7) is 1.78. The fourth-order valence-corrected chi connectivity index (χ4v) is 1.66. The highest BCUT2D eigenvalue weighted by molar-refractivity contribution is 5.77. The van der Waals surface area contributed by atoms with E-state index in [4.69, 9.17) is 0 Å². The van der Waals surface area contributed by atoms with Gasteiger partial charge in [0, 0.05) is 6.42 Å². The van der Waals surface area contributed by atoms with Crippen molar-refractivity contribution in [2.75, 3.05) is 0 Å². The Morgan fingerprint density at radius 2 is 1.96 bits per heavy atom. The number of unbranched alkanes of at least 4 members (excludes halogenated alkanes) is 1. The Labute approximate surface area is 126 Å². The average Bonchev–Trinajstić information content (AvgIpc) is 3.12. The highest BCUT2D eigenvalue weighted by Gasteiger charge is 2.62. The summed E-state index contributed by atoms with van der Waals surface area (Å²) in [5.41, 5.74) is 0. The van der Waals surface area contributed by atoms with E-state index in [1.165, 1.54) is 0 Å². The number of hydrogen-bond donors (Lipinski definition) is 0. The molecule has 0 radical (unpaired) electrons. The molecule has 0 aliphatic rings. The Morgan fingerprint density at radius 1 is 1.26 bits per heavy atom. The molecule has 0 aliphatic heterocycles. The van der Waals surface area contributed by atoms with E-state index in [0.717, 1.165) is 12.7 Å². The van der Waals surface area contributed by atoms with Gasteiger partial charge in [0.05, 0.1) is 0 Å². The third-order valence-corrected chi connectivity index (χ3v) is 2.86. The first-order valence-corrected chi connectivity index (χ1v) is 6.48. The van der Waals surface area contributed by atoms with Crippen LogP contribution in [0.25, 0.3) is 0 Å². The maximum atomic E-state index is 13.4. The van der Waals surface area contributed by atoms with Crippen LogP contribution < -0.4 is 0 Å². The third kappa shape index (κ3) is 3.19. The molecule has 0 N–H and O–H groups in total. The van der Waals surface area contributed by atoms with Crippen LogP contribution >= 0.6 is 0 Å². The minimum absolute atomic E-state index is 0.0118. The molecular weight excluding hydrogens is 327 g/mol. The van der Waals surface area contributed by atoms with E-state index in [2.05, 4.69) is 20.2 Å². The van der Waals surface area contributed by atoms with Gasteiger partial charge < -0.3 is 0 Å². The Kier molecular flexibility index (Phi) is 4.43. The summed E-state index contributed by atoms with van der Waals surface area (Å²) in [5.74, 6) is -7.34. The summed E-state index contributed by atoms with van der Waals surface area (Å²) in [4.78, 5) is 18.8. The minimum Gasteiger partial charge on any atom is -0.243 e. The van der Waals surface area contributed by atoms with Gasteiger partial charge >= 0.3 is 18.1 Å². The lowest BCUT2D eigenvalue weighted by molar-refractivity contribution is -0.292. The molecule has 23 heavy (non-hydrogen) atoms. The second-order valence-corrected chi connectivity index (χ2v) is 4.56. The largest absolute Gasteiger partial charge is 0.461 e. The molecule has 0 unspecified atom stereocenters. The van der Waals surface area contributed by atoms with Crippen molar-refractivity contribution in [3.63, 3.8) is 0 Å². The topological polar surface area (TPSA) is 78.5 Å². The molecule has 2 heterocycles. The van der Waals surface area contributed by atoms with Gasteiger partial charge in [-0.15, -0.1) is 5.10 Å². The number of nitrogens with zero attached hydrogens (tertiary/aromatic N) is 6. The number of aryl methyl sites for hydroxylation is 1. The molecule has 12 heteroatoms. The van der Waals surface area contributed by atoms with Crippen LogP contribution in [0.2, 0.25) is 0 Å². The molecule has 0 aliphatic carbocycles. The van der Waals surface area contributed by atoms with Gasteiger partial charge in [0.1, 0.15) is 18.5 Å². The lowest BCUT2D eigenvalue weighted by Gasteiger charge is -2.15. The Morgan fingerprint density at radius 3 is 2.48 bits per heavy atom. The van der Waals surface area contributed by atoms with E-state index >= 15 is 0 Å². The molecule has 7 nitrogen and oxygen atoms in total. The smallest absolute Gasteiger partial charge is 0.243 e. The molecule has 126 valence electrons. The summed E-state index contributed by atoms with van der Waals surface area (Å²) in [5, 5.41) is 6.55. The maximum Gasteiger partial charge on any atom is 0.461 e. The molecule has 2 aromatic rings. The van der Waals surface area contributed by atoms with Gasteiger partial charge in [-0.2, -0.15) is 36.4 Å². The number of alkyl halides is 5. The summed E-state index contributed by atoms with van der Waals surface area (Å²) in [7, 11) is 0. The van der Waals surface area contributed by atoms with Crippen LogP contribution in [0.3, 0.4) is 0 Å². The number of halogens is 5. The lowest BCUT2D eigenvalue weighted by atomic mass is 10.2. The SMILES string of the molecule is CCCCc1nc(C(F)(F)C(F)(F)F)nn1C(=O)n1cncn1. The molecule has 0 fully saturated rings. The van der Waals surface area contributed by atoms with Crippen LogP contribution in [0.5, 0.6) is 0 Å². The van der Waals surface area contributed by atoms with E-state index in [1.807, 2.05) is 0 Å². The number of hydrogen-bond acceptors (Lipinski definition) is 5. The summed E-state index contributed by atoms with van der Waals surface area (Å²) >= 11 is 0. The van der Waals surface area contributed by atoms with Crippen molar-refractivity contribution >= 4 is 6.03 Å². The average molecular weight is 338 g/mol. The molecule has 0 saturated heterocycles. The van der Waals surface area contributed by atoms with Gasteiger partial charge in [0.2, 0.25) is 5.82 Å². The van der Waals surface area contributed by atoms with Crippen molar-refractivity contribution in [3.05, 3.63) is 24.3 Å². The summed E-state index contributed by atoms with van der Waals surface area (Å²) in [6, 6.07) is -1.05. The van der Waals surface area contributed by atoms with E-state index in [1.54, 1.807) is 6.92 Å². The number of aromatic nitrogens is 6. The Hall–Kier alpha value is -2.40. The van der Waals surface area contributed by atoms with Crippen molar-refractivity contribution in [2.24, 2.45) is 0 Å². The van der Waals surface area contributed by atoms with E-state index in [0.29, 0.717) is 22.2 Å². The van der Waals surface area contributed by atoms with Crippen molar-refractivity contribution in [1.29, 1.82) is 0 Å². The van der Waals surface area contributed by atoms with Crippen LogP contribution in [0.1, 0.15) is 31.4 Å². The maximum absolute atomic E-state index is 13.4. The quantitative estimate of drug-likeness (QED) is 0.800. The van der Waals surface area contributed by atoms with Crippen LogP contribution in [-0.2, 0) is 12.3 Å². The normalized spacial score (nSPS) is 12.6. The monoisotopic (exact) mass is 338 g/mol. The first kappa shape index (κ1) is 17.0. The Balaban J connectivity index is 2.46. The summed E-state index contributed by atoms with van der Waals surface area (Å²) < 4.78 is 65.1. The zero-order chi connectivity index (χ0) is 17.3. The predicted octanol–water partition coefficient (Wildman–Crippen LogP) is 2.38. The first-order valence-electron chi connectivity index (χ1n) is 6.48. The van der Waals surface area contributed by atoms with Gasteiger partial charge in [0.15, 0.2) is 0 Å². The zero-order valence-electron chi connectivity index (χ0n) is 11.8. The second-order valence-electron chi connectivity index (χ2n) is 4.56.